The summed E-state index contributed by atoms with van der Waals surface area (Å²) in [5.74, 6) is 0.795. The number of hydrogen-bond donors (Lipinski definition) is 0. The molecule has 0 saturated carbocycles. The van der Waals surface area contributed by atoms with Gasteiger partial charge in [-0.25, -0.2) is 0 Å². The van der Waals surface area contributed by atoms with Crippen molar-refractivity contribution < 1.29 is 0 Å². The lowest BCUT2D eigenvalue weighted by molar-refractivity contribution is -0.00106. The fourth-order valence-electron chi connectivity index (χ4n) is 3.51. The van der Waals surface area contributed by atoms with Gasteiger partial charge in [0.25, 0.3) is 0 Å². The average molecular weight is 255 g/mol. The molecular weight excluding hydrogens is 216 g/mol. The zero-order valence-corrected chi connectivity index (χ0v) is 14.6. The third-order valence-corrected chi connectivity index (χ3v) is 4.89. The summed E-state index contributed by atoms with van der Waals surface area (Å²) in [7, 11) is 0. The molecule has 0 spiro atoms. The van der Waals surface area contributed by atoms with Crippen LogP contribution < -0.4 is 0 Å². The maximum atomic E-state index is 2.46. The first-order valence-electron chi connectivity index (χ1n) is 7.99. The molecule has 0 aromatic carbocycles. The summed E-state index contributed by atoms with van der Waals surface area (Å²) in [6.07, 6.45) is 6.70. The monoisotopic (exact) mass is 254 g/mol. The van der Waals surface area contributed by atoms with Gasteiger partial charge in [0.05, 0.1) is 0 Å². The van der Waals surface area contributed by atoms with E-state index in [0.717, 1.165) is 5.92 Å². The van der Waals surface area contributed by atoms with Gasteiger partial charge in [-0.05, 0) is 41.4 Å². The van der Waals surface area contributed by atoms with Crippen LogP contribution >= 0.6 is 0 Å². The molecule has 0 N–H and O–H groups in total. The lowest BCUT2D eigenvalue weighted by Crippen LogP contribution is -2.40. The zero-order valence-electron chi connectivity index (χ0n) is 14.6. The Labute approximate surface area is 117 Å². The van der Waals surface area contributed by atoms with Crippen molar-refractivity contribution >= 4 is 0 Å². The molecule has 0 nitrogen and oxygen atoms in total. The summed E-state index contributed by atoms with van der Waals surface area (Å²) in [5, 5.41) is 0. The molecule has 0 heteroatoms. The van der Waals surface area contributed by atoms with Gasteiger partial charge in [0.2, 0.25) is 0 Å². The molecule has 0 aliphatic rings. The van der Waals surface area contributed by atoms with Crippen LogP contribution in [0, 0.1) is 22.2 Å². The molecule has 0 aliphatic heterocycles. The first-order valence-corrected chi connectivity index (χ1v) is 7.99. The summed E-state index contributed by atoms with van der Waals surface area (Å²) in [5.41, 5.74) is 1.37. The van der Waals surface area contributed by atoms with Crippen LogP contribution in [0.2, 0.25) is 0 Å². The molecule has 1 atom stereocenters. The van der Waals surface area contributed by atoms with Crippen LogP contribution in [-0.4, -0.2) is 0 Å². The van der Waals surface area contributed by atoms with Gasteiger partial charge >= 0.3 is 0 Å². The smallest absolute Gasteiger partial charge is 0.0241 e. The van der Waals surface area contributed by atoms with Gasteiger partial charge < -0.3 is 0 Å². The minimum atomic E-state index is 0.403. The highest BCUT2D eigenvalue weighted by Gasteiger charge is 2.44. The standard InChI is InChI=1S/C18H38/c1-10-12-18(13-15(3)4,16(5,6)7)14-17(8,9)11-2/h15H,10-14H2,1-9H3. The second kappa shape index (κ2) is 6.44. The van der Waals surface area contributed by atoms with Gasteiger partial charge in [0.15, 0.2) is 0 Å². The Morgan fingerprint density at radius 3 is 1.67 bits per heavy atom. The van der Waals surface area contributed by atoms with Crippen LogP contribution in [0.15, 0.2) is 0 Å². The van der Waals surface area contributed by atoms with Crippen molar-refractivity contribution in [3.63, 3.8) is 0 Å². The fourth-order valence-corrected chi connectivity index (χ4v) is 3.51. The quantitative estimate of drug-likeness (QED) is 0.474. The highest BCUT2D eigenvalue weighted by molar-refractivity contribution is 4.94. The van der Waals surface area contributed by atoms with E-state index in [1.54, 1.807) is 0 Å². The first-order chi connectivity index (χ1) is 7.99. The molecule has 0 aliphatic carbocycles. The molecule has 0 amide bonds. The molecule has 18 heavy (non-hydrogen) atoms. The molecule has 1 unspecified atom stereocenters. The predicted molar refractivity (Wildman–Crippen MR) is 84.9 cm³/mol. The number of hydrogen-bond acceptors (Lipinski definition) is 0. The zero-order chi connectivity index (χ0) is 14.6. The highest BCUT2D eigenvalue weighted by atomic mass is 14.5. The summed E-state index contributed by atoms with van der Waals surface area (Å²) in [6.45, 7) is 21.7. The predicted octanol–water partition coefficient (Wildman–Crippen LogP) is 6.69. The van der Waals surface area contributed by atoms with Crippen molar-refractivity contribution in [3.05, 3.63) is 0 Å². The highest BCUT2D eigenvalue weighted by Crippen LogP contribution is 2.54. The molecule has 0 saturated heterocycles. The van der Waals surface area contributed by atoms with E-state index in [0.29, 0.717) is 16.2 Å². The normalized spacial score (nSPS) is 17.0. The second-order valence-electron chi connectivity index (χ2n) is 8.57. The summed E-state index contributed by atoms with van der Waals surface area (Å²) < 4.78 is 0. The lowest BCUT2D eigenvalue weighted by atomic mass is 9.55. The second-order valence-corrected chi connectivity index (χ2v) is 8.57. The summed E-state index contributed by atoms with van der Waals surface area (Å²) >= 11 is 0. The maximum absolute atomic E-state index is 2.46. The van der Waals surface area contributed by atoms with Gasteiger partial charge in [0, 0.05) is 0 Å². The van der Waals surface area contributed by atoms with Crippen LogP contribution in [-0.2, 0) is 0 Å². The maximum Gasteiger partial charge on any atom is -0.0241 e. The molecule has 0 rings (SSSR count). The van der Waals surface area contributed by atoms with E-state index >= 15 is 0 Å². The Hall–Kier alpha value is 0. The SMILES string of the molecule is CCCC(CC(C)C)(CC(C)(C)CC)C(C)(C)C. The molecule has 0 bridgehead atoms. The third kappa shape index (κ3) is 4.94. The first kappa shape index (κ1) is 18.0. The minimum Gasteiger partial charge on any atom is -0.0654 e. The Bertz CT molecular complexity index is 229. The molecule has 0 radical (unpaired) electrons. The van der Waals surface area contributed by atoms with E-state index in [2.05, 4.69) is 62.3 Å². The van der Waals surface area contributed by atoms with Crippen molar-refractivity contribution in [1.82, 2.24) is 0 Å². The molecule has 0 aromatic rings. The van der Waals surface area contributed by atoms with E-state index < -0.39 is 0 Å². The van der Waals surface area contributed by atoms with Crippen LogP contribution in [0.1, 0.15) is 94.4 Å². The molecule has 0 aromatic heterocycles. The van der Waals surface area contributed by atoms with E-state index in [1.165, 1.54) is 32.1 Å². The van der Waals surface area contributed by atoms with Crippen LogP contribution in [0.5, 0.6) is 0 Å². The molecule has 0 fully saturated rings. The fraction of sp³-hybridized carbons (Fsp3) is 1.00. The van der Waals surface area contributed by atoms with Gasteiger partial charge in [-0.1, -0.05) is 75.2 Å². The van der Waals surface area contributed by atoms with Gasteiger partial charge in [0.1, 0.15) is 0 Å². The van der Waals surface area contributed by atoms with Crippen molar-refractivity contribution in [1.29, 1.82) is 0 Å². The Kier molecular flexibility index (Phi) is 6.44. The van der Waals surface area contributed by atoms with Gasteiger partial charge in [-0.3, -0.25) is 0 Å². The Balaban J connectivity index is 5.33. The molecule has 110 valence electrons. The molecular formula is C18H38. The van der Waals surface area contributed by atoms with Crippen molar-refractivity contribution in [2.45, 2.75) is 94.4 Å². The van der Waals surface area contributed by atoms with Gasteiger partial charge in [-0.2, -0.15) is 0 Å². The minimum absolute atomic E-state index is 0.403. The van der Waals surface area contributed by atoms with Crippen molar-refractivity contribution in [3.8, 4) is 0 Å². The number of rotatable bonds is 7. The largest absolute Gasteiger partial charge is 0.0654 e. The van der Waals surface area contributed by atoms with E-state index in [-0.39, 0.29) is 0 Å². The topological polar surface area (TPSA) is 0 Å². The van der Waals surface area contributed by atoms with E-state index in [1.807, 2.05) is 0 Å². The Morgan fingerprint density at radius 2 is 1.39 bits per heavy atom. The van der Waals surface area contributed by atoms with Crippen LogP contribution in [0.25, 0.3) is 0 Å². The summed E-state index contributed by atoms with van der Waals surface area (Å²) in [6, 6.07) is 0. The Morgan fingerprint density at radius 1 is 0.889 bits per heavy atom. The summed E-state index contributed by atoms with van der Waals surface area (Å²) in [4.78, 5) is 0. The third-order valence-electron chi connectivity index (χ3n) is 4.89. The molecule has 0 heterocycles. The van der Waals surface area contributed by atoms with Crippen molar-refractivity contribution in [2.24, 2.45) is 22.2 Å². The van der Waals surface area contributed by atoms with Crippen LogP contribution in [0.4, 0.5) is 0 Å². The van der Waals surface area contributed by atoms with E-state index in [9.17, 15) is 0 Å². The van der Waals surface area contributed by atoms with Gasteiger partial charge in [-0.15, -0.1) is 0 Å². The van der Waals surface area contributed by atoms with Crippen LogP contribution in [0.3, 0.4) is 0 Å². The van der Waals surface area contributed by atoms with Crippen molar-refractivity contribution in [2.75, 3.05) is 0 Å². The lowest BCUT2D eigenvalue weighted by Gasteiger charge is -2.50. The average Bonchev–Trinajstić information content (AvgIpc) is 2.14. The van der Waals surface area contributed by atoms with E-state index in [4.69, 9.17) is 0 Å².